The Morgan fingerprint density at radius 1 is 0.224 bits per heavy atom. The van der Waals surface area contributed by atoms with Gasteiger partial charge in [0.2, 0.25) is 0 Å². The Balaban J connectivity index is 1.14. The molecule has 0 saturated heterocycles. The van der Waals surface area contributed by atoms with Crippen molar-refractivity contribution in [1.82, 2.24) is 18.3 Å². The Hall–Kier alpha value is -7.82. The van der Waals surface area contributed by atoms with E-state index in [0.717, 1.165) is 17.1 Å². The molecule has 0 fully saturated rings. The largest absolute Gasteiger partial charge is 0.309 e. The first kappa shape index (κ1) is 31.4. The molecule has 270 valence electrons. The normalized spacial score (nSPS) is 12.1. The SMILES string of the molecule is c1ccc(-n2c3ccccc3c3ccc(-n4c5ccccc5c5cccc(-n6c7ccccc7c7c(-n8c9ccccc9c9ccccc98)cccc76)c54)cc32)cc1. The van der Waals surface area contributed by atoms with E-state index in [1.165, 1.54) is 92.9 Å². The topological polar surface area (TPSA) is 19.7 Å². The molecule has 13 aromatic rings. The van der Waals surface area contributed by atoms with Crippen molar-refractivity contribution < 1.29 is 0 Å². The fraction of sp³-hybridized carbons (Fsp3) is 0. The summed E-state index contributed by atoms with van der Waals surface area (Å²) in [4.78, 5) is 0. The van der Waals surface area contributed by atoms with E-state index < -0.39 is 0 Å². The van der Waals surface area contributed by atoms with Crippen molar-refractivity contribution >= 4 is 87.2 Å². The molecule has 4 nitrogen and oxygen atoms in total. The van der Waals surface area contributed by atoms with Crippen molar-refractivity contribution in [1.29, 1.82) is 0 Å². The van der Waals surface area contributed by atoms with Crippen molar-refractivity contribution in [2.75, 3.05) is 0 Å². The molecule has 4 heteroatoms. The van der Waals surface area contributed by atoms with Gasteiger partial charge < -0.3 is 18.3 Å². The number of aromatic nitrogens is 4. The lowest BCUT2D eigenvalue weighted by Crippen LogP contribution is -2.01. The fourth-order valence-electron chi connectivity index (χ4n) is 10.0. The molecule has 13 rings (SSSR count). The Kier molecular flexibility index (Phi) is 6.41. The van der Waals surface area contributed by atoms with Crippen molar-refractivity contribution in [3.05, 3.63) is 206 Å². The number of fused-ring (bicyclic) bond motifs is 12. The molecular formula is C54H34N4. The molecule has 58 heavy (non-hydrogen) atoms. The van der Waals surface area contributed by atoms with E-state index >= 15 is 0 Å². The van der Waals surface area contributed by atoms with Crippen molar-refractivity contribution in [3.63, 3.8) is 0 Å². The van der Waals surface area contributed by atoms with E-state index in [1.54, 1.807) is 0 Å². The van der Waals surface area contributed by atoms with E-state index in [0.29, 0.717) is 0 Å². The molecule has 0 spiro atoms. The van der Waals surface area contributed by atoms with E-state index in [9.17, 15) is 0 Å². The van der Waals surface area contributed by atoms with Gasteiger partial charge in [-0.3, -0.25) is 0 Å². The zero-order chi connectivity index (χ0) is 37.9. The summed E-state index contributed by atoms with van der Waals surface area (Å²) in [5.41, 5.74) is 14.1. The van der Waals surface area contributed by atoms with Gasteiger partial charge in [-0.05, 0) is 72.8 Å². The second-order valence-corrected chi connectivity index (χ2v) is 15.3. The fourth-order valence-corrected chi connectivity index (χ4v) is 10.0. The minimum atomic E-state index is 1.12. The van der Waals surface area contributed by atoms with Crippen LogP contribution in [0.25, 0.3) is 110 Å². The second kappa shape index (κ2) is 11.8. The second-order valence-electron chi connectivity index (χ2n) is 15.3. The molecular weight excluding hydrogens is 705 g/mol. The van der Waals surface area contributed by atoms with Gasteiger partial charge >= 0.3 is 0 Å². The summed E-state index contributed by atoms with van der Waals surface area (Å²) in [6.07, 6.45) is 0. The Morgan fingerprint density at radius 2 is 0.655 bits per heavy atom. The van der Waals surface area contributed by atoms with Crippen LogP contribution in [-0.2, 0) is 0 Å². The maximum Gasteiger partial charge on any atom is 0.0782 e. The van der Waals surface area contributed by atoms with Gasteiger partial charge in [0.25, 0.3) is 0 Å². The summed E-state index contributed by atoms with van der Waals surface area (Å²) in [6.45, 7) is 0. The molecule has 0 amide bonds. The highest BCUT2D eigenvalue weighted by Gasteiger charge is 2.23. The summed E-state index contributed by atoms with van der Waals surface area (Å²) < 4.78 is 9.86. The van der Waals surface area contributed by atoms with E-state index in [2.05, 4.69) is 225 Å². The van der Waals surface area contributed by atoms with Gasteiger partial charge in [0.05, 0.1) is 55.5 Å². The van der Waals surface area contributed by atoms with Crippen LogP contribution in [0.3, 0.4) is 0 Å². The van der Waals surface area contributed by atoms with Crippen LogP contribution in [-0.4, -0.2) is 18.3 Å². The summed E-state index contributed by atoms with van der Waals surface area (Å²) in [7, 11) is 0. The quantitative estimate of drug-likeness (QED) is 0.171. The van der Waals surface area contributed by atoms with Gasteiger partial charge in [0, 0.05) is 54.5 Å². The number of hydrogen-bond acceptors (Lipinski definition) is 0. The third-order valence-electron chi connectivity index (χ3n) is 12.3. The van der Waals surface area contributed by atoms with Gasteiger partial charge in [-0.2, -0.15) is 0 Å². The molecule has 0 unspecified atom stereocenters. The molecule has 4 aromatic heterocycles. The maximum absolute atomic E-state index is 2.50. The minimum absolute atomic E-state index is 1.12. The molecule has 4 heterocycles. The smallest absolute Gasteiger partial charge is 0.0782 e. The van der Waals surface area contributed by atoms with Crippen LogP contribution < -0.4 is 0 Å². The first-order valence-corrected chi connectivity index (χ1v) is 20.0. The molecule has 0 saturated carbocycles. The zero-order valence-corrected chi connectivity index (χ0v) is 31.4. The Labute approximate surface area is 333 Å². The van der Waals surface area contributed by atoms with E-state index in [4.69, 9.17) is 0 Å². The van der Waals surface area contributed by atoms with Crippen LogP contribution >= 0.6 is 0 Å². The lowest BCUT2D eigenvalue weighted by molar-refractivity contribution is 1.12. The third kappa shape index (κ3) is 4.18. The average molecular weight is 739 g/mol. The molecule has 0 aliphatic rings. The van der Waals surface area contributed by atoms with Gasteiger partial charge in [-0.15, -0.1) is 0 Å². The highest BCUT2D eigenvalue weighted by atomic mass is 15.1. The minimum Gasteiger partial charge on any atom is -0.309 e. The summed E-state index contributed by atoms with van der Waals surface area (Å²) >= 11 is 0. The lowest BCUT2D eigenvalue weighted by atomic mass is 10.1. The first-order chi connectivity index (χ1) is 28.8. The molecule has 0 aliphatic heterocycles. The number of para-hydroxylation sites is 7. The van der Waals surface area contributed by atoms with Crippen LogP contribution in [0.2, 0.25) is 0 Å². The molecule has 0 bridgehead atoms. The van der Waals surface area contributed by atoms with Crippen molar-refractivity contribution in [2.45, 2.75) is 0 Å². The predicted molar refractivity (Wildman–Crippen MR) is 244 cm³/mol. The number of nitrogens with zero attached hydrogens (tertiary/aromatic N) is 4. The summed E-state index contributed by atoms with van der Waals surface area (Å²) in [6, 6.07) is 75.5. The van der Waals surface area contributed by atoms with Crippen LogP contribution in [0.15, 0.2) is 206 Å². The Morgan fingerprint density at radius 3 is 1.31 bits per heavy atom. The predicted octanol–water partition coefficient (Wildman–Crippen LogP) is 14.1. The van der Waals surface area contributed by atoms with Gasteiger partial charge in [-0.1, -0.05) is 133 Å². The molecule has 0 atom stereocenters. The summed E-state index contributed by atoms with van der Waals surface area (Å²) in [5, 5.41) is 9.93. The highest BCUT2D eigenvalue weighted by Crippen LogP contribution is 2.43. The van der Waals surface area contributed by atoms with Gasteiger partial charge in [0.1, 0.15) is 0 Å². The molecule has 0 aliphatic carbocycles. The van der Waals surface area contributed by atoms with Gasteiger partial charge in [-0.25, -0.2) is 0 Å². The zero-order valence-electron chi connectivity index (χ0n) is 31.4. The molecule has 9 aromatic carbocycles. The van der Waals surface area contributed by atoms with Crippen LogP contribution in [0.1, 0.15) is 0 Å². The van der Waals surface area contributed by atoms with Crippen LogP contribution in [0.5, 0.6) is 0 Å². The third-order valence-corrected chi connectivity index (χ3v) is 12.3. The monoisotopic (exact) mass is 738 g/mol. The maximum atomic E-state index is 2.50. The number of benzene rings is 9. The average Bonchev–Trinajstić information content (AvgIpc) is 4.02. The van der Waals surface area contributed by atoms with Crippen molar-refractivity contribution in [3.8, 4) is 22.7 Å². The summed E-state index contributed by atoms with van der Waals surface area (Å²) in [5.74, 6) is 0. The van der Waals surface area contributed by atoms with E-state index in [-0.39, 0.29) is 0 Å². The van der Waals surface area contributed by atoms with Crippen LogP contribution in [0, 0.1) is 0 Å². The standard InChI is InChI=1S/C54H34N4/c1-2-16-35(17-3-1)55-44-24-9-4-20-39(44)41-33-32-36(34-52(41)55)56-45-25-10-7-21-40(45)42-23-14-31-51(54(42)56)58-48-28-13-8-22-43(48)53-49(29-15-30-50(53)58)57-46-26-11-5-18-37(46)38-19-6-12-27-47(38)57/h1-34H. The first-order valence-electron chi connectivity index (χ1n) is 20.0. The molecule has 0 N–H and O–H groups in total. The Bertz CT molecular complexity index is 3740. The number of rotatable bonds is 4. The number of hydrogen-bond donors (Lipinski definition) is 0. The van der Waals surface area contributed by atoms with Crippen molar-refractivity contribution in [2.24, 2.45) is 0 Å². The highest BCUT2D eigenvalue weighted by molar-refractivity contribution is 6.19. The molecule has 0 radical (unpaired) electrons. The van der Waals surface area contributed by atoms with Crippen LogP contribution in [0.4, 0.5) is 0 Å². The lowest BCUT2D eigenvalue weighted by Gasteiger charge is -2.15. The van der Waals surface area contributed by atoms with Gasteiger partial charge in [0.15, 0.2) is 0 Å². The van der Waals surface area contributed by atoms with E-state index in [1.807, 2.05) is 0 Å².